The van der Waals surface area contributed by atoms with Crippen molar-refractivity contribution in [1.82, 2.24) is 19.4 Å². The SMILES string of the molecule is COc1ccc(S(=O)(=O)N2CCC(CNC(=O)c3cnn(C)c3)CC2)c([N+](=O)[O-])c1. The highest BCUT2D eigenvalue weighted by molar-refractivity contribution is 7.89. The van der Waals surface area contributed by atoms with Gasteiger partial charge in [-0.3, -0.25) is 19.6 Å². The molecule has 0 saturated carbocycles. The average Bonchev–Trinajstić information content (AvgIpc) is 3.18. The number of ether oxygens (including phenoxy) is 1. The molecule has 11 nitrogen and oxygen atoms in total. The van der Waals surface area contributed by atoms with Crippen molar-refractivity contribution in [3.63, 3.8) is 0 Å². The maximum atomic E-state index is 13.0. The van der Waals surface area contributed by atoms with Crippen molar-refractivity contribution in [3.8, 4) is 5.75 Å². The van der Waals surface area contributed by atoms with Gasteiger partial charge in [-0.1, -0.05) is 0 Å². The highest BCUT2D eigenvalue weighted by atomic mass is 32.2. The molecule has 1 aliphatic rings. The maximum absolute atomic E-state index is 13.0. The number of nitro groups is 1. The molecule has 1 aliphatic heterocycles. The Hall–Kier alpha value is -2.99. The van der Waals surface area contributed by atoms with Gasteiger partial charge < -0.3 is 10.1 Å². The van der Waals surface area contributed by atoms with Crippen molar-refractivity contribution >= 4 is 21.6 Å². The molecule has 2 heterocycles. The van der Waals surface area contributed by atoms with Crippen LogP contribution in [0.25, 0.3) is 0 Å². The molecule has 12 heteroatoms. The van der Waals surface area contributed by atoms with Gasteiger partial charge >= 0.3 is 0 Å². The van der Waals surface area contributed by atoms with Gasteiger partial charge in [-0.25, -0.2) is 8.42 Å². The van der Waals surface area contributed by atoms with Crippen molar-refractivity contribution in [1.29, 1.82) is 0 Å². The van der Waals surface area contributed by atoms with Gasteiger partial charge in [0.25, 0.3) is 11.6 Å². The first-order valence-electron chi connectivity index (χ1n) is 9.32. The summed E-state index contributed by atoms with van der Waals surface area (Å²) >= 11 is 0. The third-order valence-electron chi connectivity index (χ3n) is 5.07. The Morgan fingerprint density at radius 1 is 1.37 bits per heavy atom. The van der Waals surface area contributed by atoms with Gasteiger partial charge in [0.15, 0.2) is 4.90 Å². The van der Waals surface area contributed by atoms with Crippen molar-refractivity contribution in [3.05, 3.63) is 46.3 Å². The number of hydrogen-bond donors (Lipinski definition) is 1. The molecule has 1 N–H and O–H groups in total. The minimum Gasteiger partial charge on any atom is -0.497 e. The summed E-state index contributed by atoms with van der Waals surface area (Å²) in [6.07, 6.45) is 4.17. The van der Waals surface area contributed by atoms with Crippen LogP contribution in [0.4, 0.5) is 5.69 Å². The van der Waals surface area contributed by atoms with Crippen molar-refractivity contribution < 1.29 is 22.9 Å². The second-order valence-electron chi connectivity index (χ2n) is 7.05. The van der Waals surface area contributed by atoms with E-state index in [2.05, 4.69) is 10.4 Å². The molecule has 0 aliphatic carbocycles. The lowest BCUT2D eigenvalue weighted by atomic mass is 9.98. The number of methoxy groups -OCH3 is 1. The van der Waals surface area contributed by atoms with Crippen LogP contribution in [0.2, 0.25) is 0 Å². The second-order valence-corrected chi connectivity index (χ2v) is 8.96. The number of carbonyl (C=O) groups excluding carboxylic acids is 1. The molecule has 3 rings (SSSR count). The molecular weight excluding hydrogens is 414 g/mol. The quantitative estimate of drug-likeness (QED) is 0.507. The minimum atomic E-state index is -4.02. The molecule has 2 aromatic rings. The fourth-order valence-corrected chi connectivity index (χ4v) is 4.96. The zero-order valence-corrected chi connectivity index (χ0v) is 17.5. The summed E-state index contributed by atoms with van der Waals surface area (Å²) < 4.78 is 33.7. The van der Waals surface area contributed by atoms with Gasteiger partial charge in [-0.05, 0) is 30.9 Å². The van der Waals surface area contributed by atoms with Crippen LogP contribution in [0.1, 0.15) is 23.2 Å². The first-order chi connectivity index (χ1) is 14.2. The maximum Gasteiger partial charge on any atom is 0.293 e. The van der Waals surface area contributed by atoms with E-state index in [0.717, 1.165) is 6.07 Å². The number of aromatic nitrogens is 2. The number of aryl methyl sites for hydroxylation is 1. The van der Waals surface area contributed by atoms with Crippen LogP contribution in [0.3, 0.4) is 0 Å². The number of nitrogens with zero attached hydrogens (tertiary/aromatic N) is 4. The number of amides is 1. The third-order valence-corrected chi connectivity index (χ3v) is 7.02. The molecule has 1 amide bonds. The lowest BCUT2D eigenvalue weighted by Crippen LogP contribution is -2.41. The zero-order chi connectivity index (χ0) is 21.9. The molecule has 1 fully saturated rings. The van der Waals surface area contributed by atoms with Crippen LogP contribution in [-0.4, -0.2) is 60.1 Å². The van der Waals surface area contributed by atoms with E-state index >= 15 is 0 Å². The molecule has 1 saturated heterocycles. The molecule has 1 aromatic heterocycles. The largest absolute Gasteiger partial charge is 0.497 e. The van der Waals surface area contributed by atoms with E-state index in [0.29, 0.717) is 24.9 Å². The van der Waals surface area contributed by atoms with E-state index in [4.69, 9.17) is 4.74 Å². The molecule has 0 atom stereocenters. The molecule has 0 bridgehead atoms. The summed E-state index contributed by atoms with van der Waals surface area (Å²) in [4.78, 5) is 22.4. The Labute approximate surface area is 173 Å². The fraction of sp³-hybridized carbons (Fsp3) is 0.444. The molecule has 1 aromatic carbocycles. The molecule has 0 radical (unpaired) electrons. The van der Waals surface area contributed by atoms with E-state index in [1.807, 2.05) is 0 Å². The average molecular weight is 437 g/mol. The van der Waals surface area contributed by atoms with Gasteiger partial charge in [0.2, 0.25) is 10.0 Å². The molecule has 0 unspecified atom stereocenters. The standard InChI is InChI=1S/C18H23N5O6S/c1-21-12-14(11-20-21)18(24)19-10-13-5-7-22(8-6-13)30(27,28)17-4-3-15(29-2)9-16(17)23(25)26/h3-4,9,11-13H,5-8,10H2,1-2H3,(H,19,24). The Morgan fingerprint density at radius 2 is 2.07 bits per heavy atom. The fourth-order valence-electron chi connectivity index (χ4n) is 3.36. The van der Waals surface area contributed by atoms with Crippen LogP contribution in [0.15, 0.2) is 35.5 Å². The van der Waals surface area contributed by atoms with Gasteiger partial charge in [0, 0.05) is 32.9 Å². The van der Waals surface area contributed by atoms with E-state index < -0.39 is 20.6 Å². The number of piperidine rings is 1. The van der Waals surface area contributed by atoms with Crippen LogP contribution in [0.5, 0.6) is 5.75 Å². The second kappa shape index (κ2) is 8.79. The van der Waals surface area contributed by atoms with Crippen molar-refractivity contribution in [2.24, 2.45) is 13.0 Å². The summed E-state index contributed by atoms with van der Waals surface area (Å²) in [5.74, 6) is 0.0960. The van der Waals surface area contributed by atoms with Crippen LogP contribution < -0.4 is 10.1 Å². The highest BCUT2D eigenvalue weighted by Gasteiger charge is 2.34. The molecule has 30 heavy (non-hydrogen) atoms. The van der Waals surface area contributed by atoms with Crippen molar-refractivity contribution in [2.75, 3.05) is 26.7 Å². The predicted molar refractivity (Wildman–Crippen MR) is 107 cm³/mol. The minimum absolute atomic E-state index is 0.114. The number of benzene rings is 1. The van der Waals surface area contributed by atoms with E-state index in [9.17, 15) is 23.3 Å². The summed E-state index contributed by atoms with van der Waals surface area (Å²) in [5, 5.41) is 18.2. The smallest absolute Gasteiger partial charge is 0.293 e. The molecule has 162 valence electrons. The summed E-state index contributed by atoms with van der Waals surface area (Å²) in [6, 6.07) is 3.70. The van der Waals surface area contributed by atoms with Gasteiger partial charge in [-0.15, -0.1) is 0 Å². The summed E-state index contributed by atoms with van der Waals surface area (Å²) in [5.41, 5.74) is -0.0514. The summed E-state index contributed by atoms with van der Waals surface area (Å²) in [7, 11) is -0.945. The van der Waals surface area contributed by atoms with Crippen LogP contribution in [-0.2, 0) is 17.1 Å². The van der Waals surface area contributed by atoms with Gasteiger partial charge in [0.1, 0.15) is 5.75 Å². The monoisotopic (exact) mass is 437 g/mol. The first-order valence-corrected chi connectivity index (χ1v) is 10.8. The number of nitrogens with one attached hydrogen (secondary N) is 1. The van der Waals surface area contributed by atoms with Gasteiger partial charge in [-0.2, -0.15) is 9.40 Å². The lowest BCUT2D eigenvalue weighted by Gasteiger charge is -2.31. The van der Waals surface area contributed by atoms with Gasteiger partial charge in [0.05, 0.1) is 29.9 Å². The zero-order valence-electron chi connectivity index (χ0n) is 16.6. The Morgan fingerprint density at radius 3 is 2.63 bits per heavy atom. The number of rotatable bonds is 7. The molecule has 0 spiro atoms. The topological polar surface area (TPSA) is 137 Å². The predicted octanol–water partition coefficient (Wildman–Crippen LogP) is 1.17. The van der Waals surface area contributed by atoms with Crippen molar-refractivity contribution in [2.45, 2.75) is 17.7 Å². The number of hydrogen-bond acceptors (Lipinski definition) is 7. The highest BCUT2D eigenvalue weighted by Crippen LogP contribution is 2.32. The summed E-state index contributed by atoms with van der Waals surface area (Å²) in [6.45, 7) is 0.863. The van der Waals surface area contributed by atoms with E-state index in [1.54, 1.807) is 13.2 Å². The lowest BCUT2D eigenvalue weighted by molar-refractivity contribution is -0.387. The number of nitro benzene ring substituents is 1. The Kier molecular flexibility index (Phi) is 6.37. The Bertz CT molecular complexity index is 1040. The Balaban J connectivity index is 1.63. The van der Waals surface area contributed by atoms with Crippen LogP contribution in [0, 0.1) is 16.0 Å². The normalized spacial score (nSPS) is 15.7. The number of sulfonamides is 1. The molecular formula is C18H23N5O6S. The first kappa shape index (κ1) is 21.7. The third kappa shape index (κ3) is 4.60. The number of carbonyl (C=O) groups is 1. The van der Waals surface area contributed by atoms with Crippen LogP contribution >= 0.6 is 0 Å². The van der Waals surface area contributed by atoms with E-state index in [-0.39, 0.29) is 35.6 Å². The van der Waals surface area contributed by atoms with E-state index in [1.165, 1.54) is 34.4 Å².